The standard InChI is InChI=1S/C27H29N3/c1-18(2)29-26(19-11-7-6-8-12-19)30-25(28-5)20-15-16-22-21-13-9-10-14-23(21)27(3,4)24(22)17-20/h6-18H,1-5H3,(H,28,29,30). The van der Waals surface area contributed by atoms with E-state index in [1.54, 1.807) is 0 Å². The van der Waals surface area contributed by atoms with Crippen molar-refractivity contribution >= 4 is 11.7 Å². The highest BCUT2D eigenvalue weighted by Gasteiger charge is 2.35. The molecule has 3 aromatic rings. The second-order valence-electron chi connectivity index (χ2n) is 8.55. The van der Waals surface area contributed by atoms with Crippen LogP contribution in [0.4, 0.5) is 0 Å². The molecule has 0 saturated carbocycles. The Balaban J connectivity index is 1.81. The summed E-state index contributed by atoms with van der Waals surface area (Å²) in [6.45, 7) is 8.75. The number of hydrogen-bond acceptors (Lipinski definition) is 1. The Kier molecular flexibility index (Phi) is 5.29. The molecule has 4 rings (SSSR count). The van der Waals surface area contributed by atoms with Crippen LogP contribution in [-0.2, 0) is 5.41 Å². The van der Waals surface area contributed by atoms with Crippen LogP contribution >= 0.6 is 0 Å². The van der Waals surface area contributed by atoms with Crippen molar-refractivity contribution in [3.8, 4) is 11.1 Å². The Hall–Kier alpha value is -3.20. The minimum Gasteiger partial charge on any atom is -0.373 e. The highest BCUT2D eigenvalue weighted by molar-refractivity contribution is 6.11. The van der Waals surface area contributed by atoms with E-state index in [1.165, 1.54) is 22.3 Å². The zero-order valence-corrected chi connectivity index (χ0v) is 18.4. The summed E-state index contributed by atoms with van der Waals surface area (Å²) >= 11 is 0. The maximum absolute atomic E-state index is 4.95. The summed E-state index contributed by atoms with van der Waals surface area (Å²) in [5.74, 6) is 1.57. The maximum atomic E-state index is 4.95. The molecule has 1 N–H and O–H groups in total. The first kappa shape index (κ1) is 20.1. The van der Waals surface area contributed by atoms with Crippen LogP contribution in [0.1, 0.15) is 49.9 Å². The lowest BCUT2D eigenvalue weighted by Crippen LogP contribution is -2.23. The Morgan fingerprint density at radius 1 is 0.800 bits per heavy atom. The highest BCUT2D eigenvalue weighted by Crippen LogP contribution is 2.48. The largest absolute Gasteiger partial charge is 0.373 e. The van der Waals surface area contributed by atoms with Crippen LogP contribution in [0.5, 0.6) is 0 Å². The average molecular weight is 396 g/mol. The number of nitrogens with zero attached hydrogens (tertiary/aromatic N) is 2. The summed E-state index contributed by atoms with van der Waals surface area (Å²) in [4.78, 5) is 9.74. The third-order valence-electron chi connectivity index (χ3n) is 5.72. The van der Waals surface area contributed by atoms with Crippen molar-refractivity contribution < 1.29 is 0 Å². The molecule has 0 atom stereocenters. The van der Waals surface area contributed by atoms with E-state index in [1.807, 2.05) is 25.2 Å². The summed E-state index contributed by atoms with van der Waals surface area (Å²) in [6, 6.07) is 25.7. The molecule has 1 aliphatic rings. The van der Waals surface area contributed by atoms with Crippen LogP contribution in [0.25, 0.3) is 11.1 Å². The van der Waals surface area contributed by atoms with Gasteiger partial charge in [0, 0.05) is 29.6 Å². The van der Waals surface area contributed by atoms with E-state index in [4.69, 9.17) is 9.98 Å². The molecule has 0 saturated heterocycles. The van der Waals surface area contributed by atoms with Crippen molar-refractivity contribution in [2.75, 3.05) is 7.05 Å². The molecule has 0 aromatic heterocycles. The minimum atomic E-state index is -0.0327. The number of aliphatic imine (C=N–C) groups is 2. The molecule has 0 spiro atoms. The Morgan fingerprint density at radius 3 is 2.17 bits per heavy atom. The van der Waals surface area contributed by atoms with E-state index < -0.39 is 0 Å². The molecule has 0 aliphatic heterocycles. The summed E-state index contributed by atoms with van der Waals surface area (Å²) in [5.41, 5.74) is 7.43. The summed E-state index contributed by atoms with van der Waals surface area (Å²) in [5, 5.41) is 3.30. The fourth-order valence-corrected chi connectivity index (χ4v) is 4.22. The molecule has 3 aromatic carbocycles. The van der Waals surface area contributed by atoms with Gasteiger partial charge in [0.15, 0.2) is 5.84 Å². The summed E-state index contributed by atoms with van der Waals surface area (Å²) in [6.07, 6.45) is 0. The molecule has 0 heterocycles. The van der Waals surface area contributed by atoms with Gasteiger partial charge in [0.05, 0.1) is 0 Å². The third-order valence-corrected chi connectivity index (χ3v) is 5.72. The van der Waals surface area contributed by atoms with Gasteiger partial charge >= 0.3 is 0 Å². The molecule has 152 valence electrons. The van der Waals surface area contributed by atoms with Gasteiger partial charge in [0.2, 0.25) is 0 Å². The van der Waals surface area contributed by atoms with Gasteiger partial charge in [0.1, 0.15) is 5.84 Å². The van der Waals surface area contributed by atoms with Crippen molar-refractivity contribution in [2.45, 2.75) is 39.2 Å². The molecule has 3 heteroatoms. The number of hydrogen-bond donors (Lipinski definition) is 1. The average Bonchev–Trinajstić information content (AvgIpc) is 2.98. The van der Waals surface area contributed by atoms with E-state index in [2.05, 4.69) is 87.6 Å². The normalized spacial score (nSPS) is 15.1. The van der Waals surface area contributed by atoms with Crippen LogP contribution in [0.3, 0.4) is 0 Å². The number of fused-ring (bicyclic) bond motifs is 3. The third kappa shape index (κ3) is 3.56. The number of amidine groups is 2. The lowest BCUT2D eigenvalue weighted by atomic mass is 9.82. The zero-order chi connectivity index (χ0) is 21.3. The first-order valence-corrected chi connectivity index (χ1v) is 10.6. The van der Waals surface area contributed by atoms with Gasteiger partial charge in [-0.25, -0.2) is 4.99 Å². The Bertz CT molecular complexity index is 1120. The van der Waals surface area contributed by atoms with Gasteiger partial charge < -0.3 is 5.32 Å². The van der Waals surface area contributed by atoms with Gasteiger partial charge in [-0.15, -0.1) is 0 Å². The molecular formula is C27H29N3. The lowest BCUT2D eigenvalue weighted by molar-refractivity contribution is 0.660. The van der Waals surface area contributed by atoms with Crippen molar-refractivity contribution in [2.24, 2.45) is 9.98 Å². The molecule has 0 unspecified atom stereocenters. The van der Waals surface area contributed by atoms with Crippen molar-refractivity contribution in [1.82, 2.24) is 5.32 Å². The van der Waals surface area contributed by atoms with Gasteiger partial charge in [0.25, 0.3) is 0 Å². The predicted octanol–water partition coefficient (Wildman–Crippen LogP) is 5.81. The molecule has 1 aliphatic carbocycles. The quantitative estimate of drug-likeness (QED) is 0.441. The van der Waals surface area contributed by atoms with E-state index in [-0.39, 0.29) is 11.5 Å². The molecular weight excluding hydrogens is 366 g/mol. The van der Waals surface area contributed by atoms with Gasteiger partial charge in [-0.2, -0.15) is 0 Å². The van der Waals surface area contributed by atoms with Gasteiger partial charge in [-0.3, -0.25) is 4.99 Å². The van der Waals surface area contributed by atoms with Crippen molar-refractivity contribution in [1.29, 1.82) is 0 Å². The lowest BCUT2D eigenvalue weighted by Gasteiger charge is -2.22. The molecule has 0 bridgehead atoms. The van der Waals surface area contributed by atoms with E-state index in [0.29, 0.717) is 0 Å². The maximum Gasteiger partial charge on any atom is 0.157 e. The van der Waals surface area contributed by atoms with E-state index in [0.717, 1.165) is 22.8 Å². The molecule has 3 nitrogen and oxygen atoms in total. The number of nitrogens with one attached hydrogen (secondary N) is 1. The van der Waals surface area contributed by atoms with Gasteiger partial charge in [-0.1, -0.05) is 80.6 Å². The Labute approximate surface area is 179 Å². The van der Waals surface area contributed by atoms with Crippen LogP contribution in [0, 0.1) is 0 Å². The first-order valence-electron chi connectivity index (χ1n) is 10.6. The highest BCUT2D eigenvalue weighted by atomic mass is 15.0. The summed E-state index contributed by atoms with van der Waals surface area (Å²) in [7, 11) is 1.92. The van der Waals surface area contributed by atoms with E-state index in [9.17, 15) is 0 Å². The van der Waals surface area contributed by atoms with Crippen LogP contribution in [-0.4, -0.2) is 24.8 Å². The van der Waals surface area contributed by atoms with Crippen LogP contribution < -0.4 is 5.32 Å². The number of rotatable bonds is 3. The number of benzene rings is 3. The predicted molar refractivity (Wildman–Crippen MR) is 128 cm³/mol. The fraction of sp³-hybridized carbons (Fsp3) is 0.259. The van der Waals surface area contributed by atoms with Crippen LogP contribution in [0.15, 0.2) is 82.8 Å². The van der Waals surface area contributed by atoms with Gasteiger partial charge in [-0.05, 0) is 42.2 Å². The monoisotopic (exact) mass is 395 g/mol. The smallest absolute Gasteiger partial charge is 0.157 e. The van der Waals surface area contributed by atoms with Crippen molar-refractivity contribution in [3.05, 3.63) is 95.1 Å². The van der Waals surface area contributed by atoms with E-state index >= 15 is 0 Å². The second-order valence-corrected chi connectivity index (χ2v) is 8.55. The summed E-state index contributed by atoms with van der Waals surface area (Å²) < 4.78 is 0. The molecule has 0 amide bonds. The molecule has 30 heavy (non-hydrogen) atoms. The SMILES string of the molecule is CN/C(=N\C(=N/C(C)C)c1ccccc1)c1ccc2c(c1)C(C)(C)c1ccccc1-2. The molecule has 0 fully saturated rings. The van der Waals surface area contributed by atoms with Crippen molar-refractivity contribution in [3.63, 3.8) is 0 Å². The minimum absolute atomic E-state index is 0.0327. The fourth-order valence-electron chi connectivity index (χ4n) is 4.22. The van der Waals surface area contributed by atoms with Crippen LogP contribution in [0.2, 0.25) is 0 Å². The molecule has 0 radical (unpaired) electrons. The Morgan fingerprint density at radius 2 is 1.47 bits per heavy atom. The topological polar surface area (TPSA) is 36.8 Å². The first-order chi connectivity index (χ1) is 14.4. The zero-order valence-electron chi connectivity index (χ0n) is 18.4. The second kappa shape index (κ2) is 7.91.